The molecule has 0 aliphatic rings. The summed E-state index contributed by atoms with van der Waals surface area (Å²) in [6.45, 7) is 3.64. The predicted octanol–water partition coefficient (Wildman–Crippen LogP) is -0.00670. The van der Waals surface area contributed by atoms with Crippen molar-refractivity contribution in [2.24, 2.45) is 0 Å². The Balaban J connectivity index is 2.89. The SMILES string of the molecule is CN[C@H](C)COCCCO. The predicted molar refractivity (Wildman–Crippen MR) is 41.0 cm³/mol. The molecule has 0 fully saturated rings. The molecule has 62 valence electrons. The van der Waals surface area contributed by atoms with Gasteiger partial charge in [0.25, 0.3) is 0 Å². The van der Waals surface area contributed by atoms with Gasteiger partial charge in [0, 0.05) is 19.3 Å². The van der Waals surface area contributed by atoms with Gasteiger partial charge < -0.3 is 15.2 Å². The van der Waals surface area contributed by atoms with Crippen LogP contribution in [0.15, 0.2) is 0 Å². The second kappa shape index (κ2) is 6.99. The van der Waals surface area contributed by atoms with Crippen LogP contribution in [0.3, 0.4) is 0 Å². The zero-order valence-electron chi connectivity index (χ0n) is 6.76. The molecule has 0 aliphatic carbocycles. The van der Waals surface area contributed by atoms with Gasteiger partial charge in [-0.2, -0.15) is 0 Å². The van der Waals surface area contributed by atoms with Crippen LogP contribution in [0.5, 0.6) is 0 Å². The topological polar surface area (TPSA) is 41.5 Å². The highest BCUT2D eigenvalue weighted by molar-refractivity contribution is 4.53. The van der Waals surface area contributed by atoms with Gasteiger partial charge in [0.05, 0.1) is 6.61 Å². The molecule has 10 heavy (non-hydrogen) atoms. The lowest BCUT2D eigenvalue weighted by Gasteiger charge is -2.09. The largest absolute Gasteiger partial charge is 0.396 e. The highest BCUT2D eigenvalue weighted by Crippen LogP contribution is 1.84. The third kappa shape index (κ3) is 6.01. The Kier molecular flexibility index (Phi) is 6.91. The van der Waals surface area contributed by atoms with Crippen molar-refractivity contribution in [2.45, 2.75) is 19.4 Å². The number of nitrogens with one attached hydrogen (secondary N) is 1. The molecule has 0 aromatic carbocycles. The van der Waals surface area contributed by atoms with Crippen molar-refractivity contribution in [2.75, 3.05) is 26.9 Å². The van der Waals surface area contributed by atoms with E-state index in [1.54, 1.807) is 0 Å². The molecule has 0 radical (unpaired) electrons. The number of hydrogen-bond acceptors (Lipinski definition) is 3. The van der Waals surface area contributed by atoms with Crippen molar-refractivity contribution in [3.05, 3.63) is 0 Å². The van der Waals surface area contributed by atoms with Crippen LogP contribution >= 0.6 is 0 Å². The normalized spacial score (nSPS) is 13.5. The molecule has 0 aromatic rings. The van der Waals surface area contributed by atoms with Gasteiger partial charge in [0.1, 0.15) is 0 Å². The smallest absolute Gasteiger partial charge is 0.0616 e. The summed E-state index contributed by atoms with van der Waals surface area (Å²) in [5.41, 5.74) is 0. The Morgan fingerprint density at radius 3 is 2.80 bits per heavy atom. The highest BCUT2D eigenvalue weighted by Gasteiger charge is 1.95. The molecule has 2 N–H and O–H groups in total. The Morgan fingerprint density at radius 2 is 2.30 bits per heavy atom. The van der Waals surface area contributed by atoms with E-state index in [0.717, 1.165) is 13.0 Å². The zero-order chi connectivity index (χ0) is 7.82. The molecule has 1 atom stereocenters. The molecule has 0 aliphatic heterocycles. The first-order valence-corrected chi connectivity index (χ1v) is 3.67. The van der Waals surface area contributed by atoms with E-state index in [2.05, 4.69) is 12.2 Å². The summed E-state index contributed by atoms with van der Waals surface area (Å²) in [7, 11) is 1.90. The summed E-state index contributed by atoms with van der Waals surface area (Å²) in [4.78, 5) is 0. The molecule has 0 saturated carbocycles. The van der Waals surface area contributed by atoms with Gasteiger partial charge in [-0.25, -0.2) is 0 Å². The van der Waals surface area contributed by atoms with Crippen LogP contribution in [0.2, 0.25) is 0 Å². The maximum atomic E-state index is 8.39. The fourth-order valence-corrected chi connectivity index (χ4v) is 0.510. The van der Waals surface area contributed by atoms with Gasteiger partial charge in [-0.3, -0.25) is 0 Å². The van der Waals surface area contributed by atoms with Gasteiger partial charge in [0.15, 0.2) is 0 Å². The van der Waals surface area contributed by atoms with Gasteiger partial charge in [0.2, 0.25) is 0 Å². The molecule has 0 aromatic heterocycles. The summed E-state index contributed by atoms with van der Waals surface area (Å²) in [6.07, 6.45) is 0.733. The van der Waals surface area contributed by atoms with E-state index in [0.29, 0.717) is 12.6 Å². The molecule has 3 heteroatoms. The molecule has 0 unspecified atom stereocenters. The number of aliphatic hydroxyl groups excluding tert-OH is 1. The summed E-state index contributed by atoms with van der Waals surface area (Å²) >= 11 is 0. The first-order chi connectivity index (χ1) is 4.81. The van der Waals surface area contributed by atoms with Crippen LogP contribution in [-0.4, -0.2) is 38.0 Å². The number of ether oxygens (including phenoxy) is 1. The minimum absolute atomic E-state index is 0.216. The van der Waals surface area contributed by atoms with E-state index in [1.165, 1.54) is 0 Å². The van der Waals surface area contributed by atoms with Crippen molar-refractivity contribution in [1.82, 2.24) is 5.32 Å². The molecule has 3 nitrogen and oxygen atoms in total. The number of rotatable bonds is 6. The zero-order valence-corrected chi connectivity index (χ0v) is 6.76. The molecule has 0 bridgehead atoms. The quantitative estimate of drug-likeness (QED) is 0.519. The molecule has 0 amide bonds. The van der Waals surface area contributed by atoms with Gasteiger partial charge in [-0.1, -0.05) is 0 Å². The molecule has 0 heterocycles. The fraction of sp³-hybridized carbons (Fsp3) is 1.00. The van der Waals surface area contributed by atoms with Crippen LogP contribution in [0.25, 0.3) is 0 Å². The van der Waals surface area contributed by atoms with Crippen LogP contribution in [0.4, 0.5) is 0 Å². The first-order valence-electron chi connectivity index (χ1n) is 3.67. The lowest BCUT2D eigenvalue weighted by molar-refractivity contribution is 0.102. The summed E-state index contributed by atoms with van der Waals surface area (Å²) in [5, 5.41) is 11.4. The standard InChI is InChI=1S/C7H17NO2/c1-7(8-2)6-10-5-3-4-9/h7-9H,3-6H2,1-2H3/t7-/m1/s1. The van der Waals surface area contributed by atoms with Gasteiger partial charge in [-0.05, 0) is 20.4 Å². The average Bonchev–Trinajstić information content (AvgIpc) is 1.98. The van der Waals surface area contributed by atoms with Gasteiger partial charge in [-0.15, -0.1) is 0 Å². The average molecular weight is 147 g/mol. The van der Waals surface area contributed by atoms with Gasteiger partial charge >= 0.3 is 0 Å². The third-order valence-electron chi connectivity index (χ3n) is 1.31. The van der Waals surface area contributed by atoms with E-state index < -0.39 is 0 Å². The first kappa shape index (κ1) is 9.88. The number of hydrogen-bond donors (Lipinski definition) is 2. The van der Waals surface area contributed by atoms with Crippen LogP contribution in [0.1, 0.15) is 13.3 Å². The van der Waals surface area contributed by atoms with E-state index in [1.807, 2.05) is 7.05 Å². The van der Waals surface area contributed by atoms with E-state index in [9.17, 15) is 0 Å². The number of likely N-dealkylation sites (N-methyl/N-ethyl adjacent to an activating group) is 1. The minimum Gasteiger partial charge on any atom is -0.396 e. The van der Waals surface area contributed by atoms with E-state index >= 15 is 0 Å². The lowest BCUT2D eigenvalue weighted by Crippen LogP contribution is -2.26. The maximum absolute atomic E-state index is 8.39. The van der Waals surface area contributed by atoms with Crippen molar-refractivity contribution in [1.29, 1.82) is 0 Å². The lowest BCUT2D eigenvalue weighted by atomic mass is 10.4. The monoisotopic (exact) mass is 147 g/mol. The Bertz CT molecular complexity index is 68.6. The minimum atomic E-state index is 0.216. The van der Waals surface area contributed by atoms with Crippen molar-refractivity contribution < 1.29 is 9.84 Å². The van der Waals surface area contributed by atoms with E-state index in [4.69, 9.17) is 9.84 Å². The van der Waals surface area contributed by atoms with E-state index in [-0.39, 0.29) is 6.61 Å². The maximum Gasteiger partial charge on any atom is 0.0616 e. The summed E-state index contributed by atoms with van der Waals surface area (Å²) in [6, 6.07) is 0.402. The Labute approximate surface area is 62.4 Å². The Hall–Kier alpha value is -0.120. The van der Waals surface area contributed by atoms with Crippen LogP contribution in [-0.2, 0) is 4.74 Å². The van der Waals surface area contributed by atoms with Crippen molar-refractivity contribution in [3.63, 3.8) is 0 Å². The summed E-state index contributed by atoms with van der Waals surface area (Å²) in [5.74, 6) is 0. The second-order valence-corrected chi connectivity index (χ2v) is 2.34. The molecule has 0 saturated heterocycles. The molecular formula is C7H17NO2. The third-order valence-corrected chi connectivity index (χ3v) is 1.31. The van der Waals surface area contributed by atoms with Crippen molar-refractivity contribution in [3.8, 4) is 0 Å². The second-order valence-electron chi connectivity index (χ2n) is 2.34. The highest BCUT2D eigenvalue weighted by atomic mass is 16.5. The molecular weight excluding hydrogens is 130 g/mol. The fourth-order valence-electron chi connectivity index (χ4n) is 0.510. The van der Waals surface area contributed by atoms with Crippen LogP contribution in [0, 0.1) is 0 Å². The van der Waals surface area contributed by atoms with Crippen molar-refractivity contribution >= 4 is 0 Å². The molecule has 0 rings (SSSR count). The Morgan fingerprint density at radius 1 is 1.60 bits per heavy atom. The molecule has 0 spiro atoms. The summed E-state index contributed by atoms with van der Waals surface area (Å²) < 4.78 is 5.20. The van der Waals surface area contributed by atoms with Crippen LogP contribution < -0.4 is 5.32 Å². The number of aliphatic hydroxyl groups is 1.